The summed E-state index contributed by atoms with van der Waals surface area (Å²) in [6.45, 7) is -0.267. The first-order valence-corrected chi connectivity index (χ1v) is 10.1. The number of carbonyl (C=O) groups is 1. The average Bonchev–Trinajstić information content (AvgIpc) is 3.11. The molecule has 2 fully saturated rings. The van der Waals surface area contributed by atoms with Gasteiger partial charge in [0.25, 0.3) is 0 Å². The van der Waals surface area contributed by atoms with Crippen molar-refractivity contribution in [2.24, 2.45) is 0 Å². The van der Waals surface area contributed by atoms with Crippen LogP contribution < -0.4 is 40.4 Å². The summed E-state index contributed by atoms with van der Waals surface area (Å²) in [4.78, 5) is 32.4. The van der Waals surface area contributed by atoms with E-state index in [2.05, 4.69) is 15.0 Å². The minimum Gasteiger partial charge on any atom is -0.549 e. The summed E-state index contributed by atoms with van der Waals surface area (Å²) in [6, 6.07) is 0. The number of phosphoric acid groups is 1. The second kappa shape index (κ2) is 8.14. The fourth-order valence-corrected chi connectivity index (χ4v) is 4.61. The van der Waals surface area contributed by atoms with E-state index >= 15 is 0 Å². The van der Waals surface area contributed by atoms with E-state index in [1.165, 1.54) is 10.9 Å². The number of hydrogen-bond acceptors (Lipinski definition) is 12. The van der Waals surface area contributed by atoms with E-state index in [-0.39, 0.29) is 58.3 Å². The Morgan fingerprint density at radius 2 is 2.25 bits per heavy atom. The molecule has 0 radical (unpaired) electrons. The first-order valence-electron chi connectivity index (χ1n) is 7.57. The molecule has 2 aliphatic heterocycles. The van der Waals surface area contributed by atoms with Crippen molar-refractivity contribution in [2.45, 2.75) is 29.7 Å². The second-order valence-corrected chi connectivity index (χ2v) is 8.09. The van der Waals surface area contributed by atoms with Gasteiger partial charge in [-0.25, -0.2) is 19.5 Å². The number of carbonyl (C=O) groups excluding carboxylic acids is 1. The van der Waals surface area contributed by atoms with Gasteiger partial charge in [0.05, 0.1) is 12.6 Å². The van der Waals surface area contributed by atoms with Crippen molar-refractivity contribution >= 4 is 42.5 Å². The number of nitrogens with zero attached hydrogens (tertiary/aromatic N) is 4. The molecule has 2 saturated heterocycles. The number of phosphoric ester groups is 1. The third-order valence-electron chi connectivity index (χ3n) is 4.01. The maximum absolute atomic E-state index is 11.6. The molecule has 0 aliphatic carbocycles. The third-order valence-corrected chi connectivity index (χ3v) is 5.92. The molecule has 0 saturated carbocycles. The van der Waals surface area contributed by atoms with Crippen LogP contribution in [0.15, 0.2) is 11.5 Å². The molecule has 4 N–H and O–H groups in total. The zero-order chi connectivity index (χ0) is 19.3. The Labute approximate surface area is 183 Å². The van der Waals surface area contributed by atoms with Crippen LogP contribution in [0.4, 0.5) is 5.82 Å². The Morgan fingerprint density at radius 3 is 2.96 bits per heavy atom. The zero-order valence-corrected chi connectivity index (χ0v) is 18.1. The summed E-state index contributed by atoms with van der Waals surface area (Å²) in [7, 11) is -4.29. The number of nitrogens with two attached hydrogens (primary N) is 1. The predicted molar refractivity (Wildman–Crippen MR) is 86.0 cm³/mol. The molecule has 0 spiro atoms. The molecule has 2 aromatic rings. The molecule has 2 aliphatic rings. The number of aliphatic hydroxyl groups excluding tert-OH is 1. The van der Waals surface area contributed by atoms with Crippen LogP contribution in [-0.4, -0.2) is 66.2 Å². The molecule has 28 heavy (non-hydrogen) atoms. The van der Waals surface area contributed by atoms with Crippen molar-refractivity contribution in [1.29, 1.82) is 0 Å². The van der Waals surface area contributed by atoms with E-state index in [4.69, 9.17) is 19.5 Å². The largest absolute Gasteiger partial charge is 1.00 e. The molecule has 2 aromatic heterocycles. The average molecular weight is 441 g/mol. The number of carboxylic acids is 1. The molecule has 0 bridgehead atoms. The minimum atomic E-state index is -4.29. The van der Waals surface area contributed by atoms with Gasteiger partial charge in [-0.15, -0.1) is 0 Å². The molecule has 4 heterocycles. The van der Waals surface area contributed by atoms with Crippen LogP contribution in [0.25, 0.3) is 11.2 Å². The second-order valence-electron chi connectivity index (χ2n) is 5.75. The van der Waals surface area contributed by atoms with E-state index in [0.717, 1.165) is 11.8 Å². The Hall–Kier alpha value is -0.800. The van der Waals surface area contributed by atoms with Gasteiger partial charge in [-0.2, -0.15) is 0 Å². The molecule has 5 atom stereocenters. The summed E-state index contributed by atoms with van der Waals surface area (Å²) >= 11 is 0.811. The van der Waals surface area contributed by atoms with Gasteiger partial charge >= 0.3 is 37.4 Å². The number of imidazole rings is 1. The van der Waals surface area contributed by atoms with Crippen LogP contribution in [-0.2, 0) is 23.1 Å². The Bertz CT molecular complexity index is 961. The Morgan fingerprint density at radius 1 is 1.50 bits per heavy atom. The van der Waals surface area contributed by atoms with Crippen molar-refractivity contribution < 1.29 is 67.8 Å². The van der Waals surface area contributed by atoms with Gasteiger partial charge in [-0.1, -0.05) is 11.8 Å². The molecule has 13 nitrogen and oxygen atoms in total. The van der Waals surface area contributed by atoms with Crippen molar-refractivity contribution in [3.05, 3.63) is 6.33 Å². The number of fused-ring (bicyclic) bond motifs is 2. The standard InChI is InChI=1S/C12H14N5O8PS.Na/c13-9-6-10(15-3-14-9)17(12(16-6)27-2-5(18)19)11-7(20)8-4(24-11)1-23-26(21,22)25-8;/h3-4,7-8,11,20H,1-2H2,(H,18,19)(H,21,22)(H2,13,14,15);/q;+1/p-1/t4-,7-,8-,11-;/m1./s1. The smallest absolute Gasteiger partial charge is 0.549 e. The number of nitrogen functional groups attached to an aromatic ring is 1. The van der Waals surface area contributed by atoms with E-state index < -0.39 is 44.1 Å². The molecule has 4 rings (SSSR count). The molecular formula is C12H13N5NaO8PS. The molecule has 1 unspecified atom stereocenters. The van der Waals surface area contributed by atoms with Gasteiger partial charge in [0, 0.05) is 5.75 Å². The molecule has 0 aromatic carbocycles. The van der Waals surface area contributed by atoms with Crippen LogP contribution in [0.3, 0.4) is 0 Å². The fraction of sp³-hybridized carbons (Fsp3) is 0.500. The Balaban J connectivity index is 0.00000225. The number of aliphatic carboxylic acids is 1. The van der Waals surface area contributed by atoms with Crippen LogP contribution in [0, 0.1) is 0 Å². The van der Waals surface area contributed by atoms with Gasteiger partial charge in [0.1, 0.15) is 24.6 Å². The van der Waals surface area contributed by atoms with Crippen molar-refractivity contribution in [2.75, 3.05) is 18.1 Å². The van der Waals surface area contributed by atoms with Gasteiger partial charge in [-0.3, -0.25) is 13.6 Å². The number of carboxylic acid groups (broad SMARTS) is 1. The third kappa shape index (κ3) is 3.94. The number of hydrogen-bond donors (Lipinski definition) is 3. The van der Waals surface area contributed by atoms with E-state index in [0.29, 0.717) is 0 Å². The number of aromatic nitrogens is 4. The van der Waals surface area contributed by atoms with E-state index in [9.17, 15) is 24.5 Å². The quantitative estimate of drug-likeness (QED) is 0.232. The first kappa shape index (κ1) is 21.9. The number of thioether (sulfide) groups is 1. The fourth-order valence-electron chi connectivity index (χ4n) is 2.91. The summed E-state index contributed by atoms with van der Waals surface area (Å²) in [5, 5.41) is 21.6. The predicted octanol–water partition coefficient (Wildman–Crippen LogP) is -4.97. The molecule has 146 valence electrons. The normalized spacial score (nSPS) is 32.1. The minimum absolute atomic E-state index is 0. The monoisotopic (exact) mass is 441 g/mol. The van der Waals surface area contributed by atoms with Crippen molar-refractivity contribution in [3.63, 3.8) is 0 Å². The molecule has 0 amide bonds. The molecule has 16 heteroatoms. The summed E-state index contributed by atoms with van der Waals surface area (Å²) in [5.41, 5.74) is 6.18. The maximum Gasteiger partial charge on any atom is 1.00 e. The van der Waals surface area contributed by atoms with Gasteiger partial charge in [0.15, 0.2) is 28.4 Å². The zero-order valence-electron chi connectivity index (χ0n) is 14.4. The number of rotatable bonds is 4. The van der Waals surface area contributed by atoms with Crippen LogP contribution in [0.1, 0.15) is 6.23 Å². The SMILES string of the molecule is Nc1ncnc2c1nc(SCC(=O)[O-])n2[C@@H]1O[C@@H]2COP(=O)(O)O[C@H]2[C@H]1O.[Na+]. The van der Waals surface area contributed by atoms with Crippen LogP contribution in [0.2, 0.25) is 0 Å². The topological polar surface area (TPSA) is 195 Å². The van der Waals surface area contributed by atoms with Crippen molar-refractivity contribution in [1.82, 2.24) is 19.5 Å². The first-order chi connectivity index (χ1) is 12.8. The maximum atomic E-state index is 11.6. The number of ether oxygens (including phenoxy) is 1. The van der Waals surface area contributed by atoms with E-state index in [1.54, 1.807) is 0 Å². The van der Waals surface area contributed by atoms with Crippen LogP contribution >= 0.6 is 19.6 Å². The Kier molecular flexibility index (Phi) is 6.37. The van der Waals surface area contributed by atoms with Gasteiger partial charge < -0.3 is 30.4 Å². The number of anilines is 1. The summed E-state index contributed by atoms with van der Waals surface area (Å²) in [6.07, 6.45) is -3.29. The van der Waals surface area contributed by atoms with Crippen LogP contribution in [0.5, 0.6) is 0 Å². The summed E-state index contributed by atoms with van der Waals surface area (Å²) < 4.78 is 28.3. The molecular weight excluding hydrogens is 428 g/mol. The van der Waals surface area contributed by atoms with Gasteiger partial charge in [0.2, 0.25) is 0 Å². The number of aliphatic hydroxyl groups is 1. The van der Waals surface area contributed by atoms with Crippen molar-refractivity contribution in [3.8, 4) is 0 Å². The van der Waals surface area contributed by atoms with E-state index in [1.807, 2.05) is 0 Å². The summed E-state index contributed by atoms with van der Waals surface area (Å²) in [5.74, 6) is -1.69. The van der Waals surface area contributed by atoms with Gasteiger partial charge in [-0.05, 0) is 0 Å².